The van der Waals surface area contributed by atoms with Crippen LogP contribution in [0.3, 0.4) is 0 Å². The molecule has 0 saturated heterocycles. The molecule has 0 unspecified atom stereocenters. The number of aliphatic hydroxyl groups is 1. The lowest BCUT2D eigenvalue weighted by molar-refractivity contribution is 0.0885. The summed E-state index contributed by atoms with van der Waals surface area (Å²) in [6, 6.07) is 2.06. The average Bonchev–Trinajstić information content (AvgIpc) is 2.69. The van der Waals surface area contributed by atoms with Gasteiger partial charge in [-0.05, 0) is 25.8 Å². The van der Waals surface area contributed by atoms with E-state index in [4.69, 9.17) is 0 Å². The maximum Gasteiger partial charge on any atom is 0.154 e. The van der Waals surface area contributed by atoms with Crippen LogP contribution >= 0.6 is 0 Å². The summed E-state index contributed by atoms with van der Waals surface area (Å²) >= 11 is 0. The number of aromatic nitrogens is 3. The molecule has 0 bridgehead atoms. The van der Waals surface area contributed by atoms with Crippen LogP contribution in [0, 0.1) is 0 Å². The van der Waals surface area contributed by atoms with Gasteiger partial charge in [0.05, 0.1) is 11.3 Å². The van der Waals surface area contributed by atoms with Crippen LogP contribution in [0.1, 0.15) is 39.3 Å². The Morgan fingerprint density at radius 2 is 2.11 bits per heavy atom. The van der Waals surface area contributed by atoms with Crippen LogP contribution in [-0.4, -0.2) is 38.9 Å². The molecule has 0 atom stereocenters. The third-order valence-corrected chi connectivity index (χ3v) is 2.97. The molecule has 2 heterocycles. The van der Waals surface area contributed by atoms with E-state index in [1.54, 1.807) is 20.0 Å². The highest BCUT2D eigenvalue weighted by Gasteiger charge is 2.19. The molecule has 5 heteroatoms. The highest BCUT2D eigenvalue weighted by Crippen LogP contribution is 2.23. The first-order chi connectivity index (χ1) is 8.78. The smallest absolute Gasteiger partial charge is 0.154 e. The van der Waals surface area contributed by atoms with Crippen LogP contribution < -0.4 is 4.90 Å². The highest BCUT2D eigenvalue weighted by molar-refractivity contribution is 5.69. The molecule has 5 nitrogen and oxygen atoms in total. The van der Waals surface area contributed by atoms with E-state index in [0.717, 1.165) is 17.0 Å². The van der Waals surface area contributed by atoms with Crippen molar-refractivity contribution in [1.82, 2.24) is 14.6 Å². The largest absolute Gasteiger partial charge is 0.389 e. The molecule has 0 aliphatic rings. The van der Waals surface area contributed by atoms with E-state index >= 15 is 0 Å². The summed E-state index contributed by atoms with van der Waals surface area (Å²) in [6.45, 7) is 8.34. The number of fused-ring (bicyclic) bond motifs is 1. The second kappa shape index (κ2) is 4.81. The Balaban J connectivity index is 2.43. The standard InChI is InChI=1S/C14H22N4O/c1-10(2)11-8-12-13(15-6-7-18(12)16-11)17(5)9-14(3,4)19/h6-8,10,19H,9H2,1-5H3. The molecule has 0 saturated carbocycles. The molecule has 2 aromatic rings. The number of rotatable bonds is 4. The Morgan fingerprint density at radius 3 is 2.68 bits per heavy atom. The van der Waals surface area contributed by atoms with Crippen molar-refractivity contribution in [3.05, 3.63) is 24.2 Å². The molecule has 2 aromatic heterocycles. The topological polar surface area (TPSA) is 53.7 Å². The first-order valence-electron chi connectivity index (χ1n) is 6.56. The maximum atomic E-state index is 9.92. The Morgan fingerprint density at radius 1 is 1.42 bits per heavy atom. The van der Waals surface area contributed by atoms with E-state index < -0.39 is 5.60 Å². The fraction of sp³-hybridized carbons (Fsp3) is 0.571. The van der Waals surface area contributed by atoms with Gasteiger partial charge in [0.1, 0.15) is 5.52 Å². The summed E-state index contributed by atoms with van der Waals surface area (Å²) in [6.07, 6.45) is 3.59. The molecule has 0 aromatic carbocycles. The lowest BCUT2D eigenvalue weighted by atomic mass is 10.1. The Hall–Kier alpha value is -1.62. The van der Waals surface area contributed by atoms with Gasteiger partial charge in [0.25, 0.3) is 0 Å². The second-order valence-corrected chi connectivity index (χ2v) is 5.97. The maximum absolute atomic E-state index is 9.92. The minimum atomic E-state index is -0.760. The van der Waals surface area contributed by atoms with Crippen molar-refractivity contribution in [3.8, 4) is 0 Å². The highest BCUT2D eigenvalue weighted by atomic mass is 16.3. The quantitative estimate of drug-likeness (QED) is 0.916. The van der Waals surface area contributed by atoms with Gasteiger partial charge in [-0.1, -0.05) is 13.8 Å². The van der Waals surface area contributed by atoms with Crippen molar-refractivity contribution in [1.29, 1.82) is 0 Å². The van der Waals surface area contributed by atoms with Crippen molar-refractivity contribution in [2.75, 3.05) is 18.5 Å². The predicted octanol–water partition coefficient (Wildman–Crippen LogP) is 2.06. The molecule has 19 heavy (non-hydrogen) atoms. The zero-order valence-electron chi connectivity index (χ0n) is 12.3. The predicted molar refractivity (Wildman–Crippen MR) is 76.6 cm³/mol. The van der Waals surface area contributed by atoms with Gasteiger partial charge in [-0.2, -0.15) is 5.10 Å². The van der Waals surface area contributed by atoms with Gasteiger partial charge >= 0.3 is 0 Å². The minimum Gasteiger partial charge on any atom is -0.389 e. The molecular formula is C14H22N4O. The van der Waals surface area contributed by atoms with E-state index in [0.29, 0.717) is 12.5 Å². The monoisotopic (exact) mass is 262 g/mol. The number of nitrogens with zero attached hydrogens (tertiary/aromatic N) is 4. The molecule has 104 valence electrons. The fourth-order valence-corrected chi connectivity index (χ4v) is 2.16. The Bertz CT molecular complexity index is 568. The van der Waals surface area contributed by atoms with Crippen LogP contribution in [0.2, 0.25) is 0 Å². The number of hydrogen-bond acceptors (Lipinski definition) is 4. The van der Waals surface area contributed by atoms with Gasteiger partial charge in [-0.25, -0.2) is 9.50 Å². The molecule has 2 rings (SSSR count). The molecule has 1 N–H and O–H groups in total. The summed E-state index contributed by atoms with van der Waals surface area (Å²) in [7, 11) is 1.93. The Labute approximate surface area is 113 Å². The molecular weight excluding hydrogens is 240 g/mol. The normalized spacial score (nSPS) is 12.4. The summed E-state index contributed by atoms with van der Waals surface area (Å²) in [5.74, 6) is 1.22. The first kappa shape index (κ1) is 13.8. The van der Waals surface area contributed by atoms with E-state index in [-0.39, 0.29) is 0 Å². The summed E-state index contributed by atoms with van der Waals surface area (Å²) in [5, 5.41) is 14.5. The van der Waals surface area contributed by atoms with Crippen LogP contribution in [0.15, 0.2) is 18.5 Å². The van der Waals surface area contributed by atoms with Crippen molar-refractivity contribution in [3.63, 3.8) is 0 Å². The van der Waals surface area contributed by atoms with Crippen molar-refractivity contribution in [2.24, 2.45) is 0 Å². The van der Waals surface area contributed by atoms with E-state index in [2.05, 4.69) is 30.0 Å². The zero-order valence-corrected chi connectivity index (χ0v) is 12.3. The van der Waals surface area contributed by atoms with Gasteiger partial charge in [0, 0.05) is 26.0 Å². The lowest BCUT2D eigenvalue weighted by Gasteiger charge is -2.26. The molecule has 0 radical (unpaired) electrons. The van der Waals surface area contributed by atoms with E-state index in [1.807, 2.05) is 22.7 Å². The van der Waals surface area contributed by atoms with E-state index in [1.165, 1.54) is 0 Å². The van der Waals surface area contributed by atoms with Crippen molar-refractivity contribution >= 4 is 11.3 Å². The van der Waals surface area contributed by atoms with Crippen molar-refractivity contribution < 1.29 is 5.11 Å². The Kier molecular flexibility index (Phi) is 3.49. The number of hydrogen-bond donors (Lipinski definition) is 1. The first-order valence-corrected chi connectivity index (χ1v) is 6.56. The molecule has 0 aliphatic heterocycles. The van der Waals surface area contributed by atoms with E-state index in [9.17, 15) is 5.11 Å². The molecule has 0 fully saturated rings. The summed E-state index contributed by atoms with van der Waals surface area (Å²) in [4.78, 5) is 6.38. The fourth-order valence-electron chi connectivity index (χ4n) is 2.16. The lowest BCUT2D eigenvalue weighted by Crippen LogP contribution is -2.36. The van der Waals surface area contributed by atoms with Gasteiger partial charge in [-0.15, -0.1) is 0 Å². The summed E-state index contributed by atoms with van der Waals surface area (Å²) < 4.78 is 1.85. The minimum absolute atomic E-state index is 0.382. The number of anilines is 1. The molecule has 0 spiro atoms. The van der Waals surface area contributed by atoms with Crippen LogP contribution in [0.5, 0.6) is 0 Å². The SMILES string of the molecule is CC(C)c1cc2c(N(C)CC(C)(C)O)nccn2n1. The van der Waals surface area contributed by atoms with Gasteiger partial charge in [0.2, 0.25) is 0 Å². The van der Waals surface area contributed by atoms with Crippen LogP contribution in [0.4, 0.5) is 5.82 Å². The van der Waals surface area contributed by atoms with Crippen LogP contribution in [0.25, 0.3) is 5.52 Å². The van der Waals surface area contributed by atoms with Crippen molar-refractivity contribution in [2.45, 2.75) is 39.2 Å². The number of likely N-dealkylation sites (N-methyl/N-ethyl adjacent to an activating group) is 1. The average molecular weight is 262 g/mol. The summed E-state index contributed by atoms with van der Waals surface area (Å²) in [5.41, 5.74) is 1.26. The van der Waals surface area contributed by atoms with Gasteiger partial charge in [-0.3, -0.25) is 0 Å². The zero-order chi connectivity index (χ0) is 14.2. The molecule has 0 amide bonds. The van der Waals surface area contributed by atoms with Gasteiger partial charge in [0.15, 0.2) is 5.82 Å². The van der Waals surface area contributed by atoms with Gasteiger partial charge < -0.3 is 10.0 Å². The van der Waals surface area contributed by atoms with Crippen LogP contribution in [-0.2, 0) is 0 Å². The third-order valence-electron chi connectivity index (χ3n) is 2.97. The second-order valence-electron chi connectivity index (χ2n) is 5.97. The third kappa shape index (κ3) is 3.04. The molecule has 0 aliphatic carbocycles.